The minimum absolute atomic E-state index is 0.770. The third kappa shape index (κ3) is 7.36. The second-order valence-electron chi connectivity index (χ2n) is 8.29. The summed E-state index contributed by atoms with van der Waals surface area (Å²) in [7, 11) is 5.64. The summed E-state index contributed by atoms with van der Waals surface area (Å²) >= 11 is 0. The third-order valence-electron chi connectivity index (χ3n) is 5.94. The van der Waals surface area contributed by atoms with Gasteiger partial charge in [-0.1, -0.05) is 0 Å². The van der Waals surface area contributed by atoms with Gasteiger partial charge in [0.15, 0.2) is 5.96 Å². The van der Waals surface area contributed by atoms with Crippen LogP contribution in [0.2, 0.25) is 0 Å². The number of aliphatic imine (C=N–C) groups is 1. The van der Waals surface area contributed by atoms with Crippen LogP contribution in [0.5, 0.6) is 5.75 Å². The highest BCUT2D eigenvalue weighted by Gasteiger charge is 2.21. The van der Waals surface area contributed by atoms with Crippen LogP contribution in [0.3, 0.4) is 0 Å². The van der Waals surface area contributed by atoms with Crippen LogP contribution < -0.4 is 15.0 Å². The lowest BCUT2D eigenvalue weighted by atomic mass is 10.2. The topological polar surface area (TPSA) is 52.6 Å². The Kier molecular flexibility index (Phi) is 9.08. The number of guanidine groups is 1. The second kappa shape index (κ2) is 12.0. The minimum atomic E-state index is 0.770. The van der Waals surface area contributed by atoms with Crippen molar-refractivity contribution in [2.45, 2.75) is 19.3 Å². The fraction of sp³-hybridized carbons (Fsp3) is 0.696. The van der Waals surface area contributed by atoms with Gasteiger partial charge in [-0.05, 0) is 56.0 Å². The average molecular weight is 418 g/mol. The molecule has 1 heterocycles. The Morgan fingerprint density at radius 2 is 1.90 bits per heavy atom. The Balaban J connectivity index is 1.26. The number of ether oxygens (including phenoxy) is 2. The number of rotatable bonds is 11. The summed E-state index contributed by atoms with van der Waals surface area (Å²) in [4.78, 5) is 11.6. The van der Waals surface area contributed by atoms with E-state index < -0.39 is 0 Å². The Morgan fingerprint density at radius 1 is 1.17 bits per heavy atom. The Hall–Kier alpha value is -1.99. The van der Waals surface area contributed by atoms with E-state index >= 15 is 0 Å². The lowest BCUT2D eigenvalue weighted by Crippen LogP contribution is -2.47. The standard InChI is InChI=1S/C23H39N5O2/c1-24-23(26(2)17-18-30-19-20-5-6-20)25-11-4-12-27-13-15-28(16-14-27)21-7-9-22(29-3)10-8-21/h7-10,20H,4-6,11-19H2,1-3H3,(H,24,25). The maximum atomic E-state index is 5.74. The van der Waals surface area contributed by atoms with Gasteiger partial charge in [-0.15, -0.1) is 0 Å². The number of piperazine rings is 1. The molecule has 1 saturated carbocycles. The molecule has 0 radical (unpaired) electrons. The average Bonchev–Trinajstić information content (AvgIpc) is 3.62. The number of benzene rings is 1. The Morgan fingerprint density at radius 3 is 2.53 bits per heavy atom. The van der Waals surface area contributed by atoms with E-state index in [-0.39, 0.29) is 0 Å². The van der Waals surface area contributed by atoms with Gasteiger partial charge in [0.05, 0.1) is 13.7 Å². The lowest BCUT2D eigenvalue weighted by molar-refractivity contribution is 0.115. The molecule has 0 aromatic heterocycles. The summed E-state index contributed by atoms with van der Waals surface area (Å²) in [5, 5.41) is 3.49. The quantitative estimate of drug-likeness (QED) is 0.338. The maximum absolute atomic E-state index is 5.74. The van der Waals surface area contributed by atoms with Crippen LogP contribution in [0.1, 0.15) is 19.3 Å². The molecule has 3 rings (SSSR count). The molecule has 1 N–H and O–H groups in total. The van der Waals surface area contributed by atoms with Gasteiger partial charge in [-0.2, -0.15) is 0 Å². The summed E-state index contributed by atoms with van der Waals surface area (Å²) in [6, 6.07) is 8.38. The van der Waals surface area contributed by atoms with Crippen molar-refractivity contribution in [3.8, 4) is 5.75 Å². The number of likely N-dealkylation sites (N-methyl/N-ethyl adjacent to an activating group) is 1. The van der Waals surface area contributed by atoms with Crippen molar-refractivity contribution in [2.24, 2.45) is 10.9 Å². The molecular weight excluding hydrogens is 378 g/mol. The fourth-order valence-electron chi connectivity index (χ4n) is 3.75. The van der Waals surface area contributed by atoms with Gasteiger partial charge in [0.25, 0.3) is 0 Å². The van der Waals surface area contributed by atoms with E-state index in [2.05, 4.69) is 44.2 Å². The monoisotopic (exact) mass is 417 g/mol. The van der Waals surface area contributed by atoms with Crippen molar-refractivity contribution < 1.29 is 9.47 Å². The molecule has 0 atom stereocenters. The van der Waals surface area contributed by atoms with E-state index in [1.807, 2.05) is 19.2 Å². The summed E-state index contributed by atoms with van der Waals surface area (Å²) in [6.07, 6.45) is 3.80. The van der Waals surface area contributed by atoms with Gasteiger partial charge in [0, 0.05) is 65.7 Å². The predicted molar refractivity (Wildman–Crippen MR) is 124 cm³/mol. The van der Waals surface area contributed by atoms with Gasteiger partial charge < -0.3 is 24.6 Å². The summed E-state index contributed by atoms with van der Waals surface area (Å²) in [6.45, 7) is 9.00. The van der Waals surface area contributed by atoms with Gasteiger partial charge in [-0.25, -0.2) is 0 Å². The van der Waals surface area contributed by atoms with Gasteiger partial charge >= 0.3 is 0 Å². The zero-order valence-electron chi connectivity index (χ0n) is 19.0. The number of hydrogen-bond donors (Lipinski definition) is 1. The molecule has 1 saturated heterocycles. The second-order valence-corrected chi connectivity index (χ2v) is 8.29. The fourth-order valence-corrected chi connectivity index (χ4v) is 3.75. The van der Waals surface area contributed by atoms with E-state index in [1.54, 1.807) is 7.11 Å². The van der Waals surface area contributed by atoms with Crippen LogP contribution in [-0.2, 0) is 4.74 Å². The highest BCUT2D eigenvalue weighted by molar-refractivity contribution is 5.79. The molecule has 1 aromatic rings. The number of hydrogen-bond acceptors (Lipinski definition) is 5. The van der Waals surface area contributed by atoms with E-state index in [1.165, 1.54) is 18.5 Å². The molecule has 7 nitrogen and oxygen atoms in total. The minimum Gasteiger partial charge on any atom is -0.497 e. The summed E-state index contributed by atoms with van der Waals surface area (Å²) in [5.74, 6) is 2.69. The van der Waals surface area contributed by atoms with Crippen LogP contribution in [0.25, 0.3) is 0 Å². The molecule has 0 amide bonds. The molecule has 168 valence electrons. The largest absolute Gasteiger partial charge is 0.497 e. The number of methoxy groups -OCH3 is 1. The Labute approximate surface area is 182 Å². The predicted octanol–water partition coefficient (Wildman–Crippen LogP) is 2.14. The SMILES string of the molecule is CN=C(NCCCN1CCN(c2ccc(OC)cc2)CC1)N(C)CCOCC1CC1. The molecular formula is C23H39N5O2. The molecule has 1 aliphatic heterocycles. The van der Waals surface area contributed by atoms with Crippen LogP contribution in [0.4, 0.5) is 5.69 Å². The van der Waals surface area contributed by atoms with Crippen molar-refractivity contribution in [3.63, 3.8) is 0 Å². The maximum Gasteiger partial charge on any atom is 0.193 e. The van der Waals surface area contributed by atoms with Crippen molar-refractivity contribution in [3.05, 3.63) is 24.3 Å². The van der Waals surface area contributed by atoms with E-state index in [4.69, 9.17) is 9.47 Å². The van der Waals surface area contributed by atoms with Crippen LogP contribution in [-0.4, -0.2) is 96.0 Å². The van der Waals surface area contributed by atoms with Gasteiger partial charge in [0.1, 0.15) is 5.75 Å². The first-order valence-corrected chi connectivity index (χ1v) is 11.3. The lowest BCUT2D eigenvalue weighted by Gasteiger charge is -2.36. The van der Waals surface area contributed by atoms with Crippen molar-refractivity contribution in [1.29, 1.82) is 0 Å². The van der Waals surface area contributed by atoms with Crippen molar-refractivity contribution >= 4 is 11.6 Å². The van der Waals surface area contributed by atoms with Gasteiger partial charge in [0.2, 0.25) is 0 Å². The van der Waals surface area contributed by atoms with Crippen LogP contribution in [0.15, 0.2) is 29.3 Å². The molecule has 2 aliphatic rings. The highest BCUT2D eigenvalue weighted by atomic mass is 16.5. The van der Waals surface area contributed by atoms with E-state index in [0.29, 0.717) is 0 Å². The highest BCUT2D eigenvalue weighted by Crippen LogP contribution is 2.28. The molecule has 0 unspecified atom stereocenters. The molecule has 1 aliphatic carbocycles. The molecule has 30 heavy (non-hydrogen) atoms. The van der Waals surface area contributed by atoms with E-state index in [0.717, 1.165) is 83.1 Å². The molecule has 0 bridgehead atoms. The number of anilines is 1. The van der Waals surface area contributed by atoms with Crippen LogP contribution >= 0.6 is 0 Å². The molecule has 1 aromatic carbocycles. The first-order valence-electron chi connectivity index (χ1n) is 11.3. The first-order chi connectivity index (χ1) is 14.7. The number of nitrogens with zero attached hydrogens (tertiary/aromatic N) is 4. The van der Waals surface area contributed by atoms with Gasteiger partial charge in [-0.3, -0.25) is 9.89 Å². The summed E-state index contributed by atoms with van der Waals surface area (Å²) < 4.78 is 11.0. The van der Waals surface area contributed by atoms with Crippen molar-refractivity contribution in [2.75, 3.05) is 85.1 Å². The normalized spacial score (nSPS) is 17.8. The number of nitrogens with one attached hydrogen (secondary N) is 1. The Bertz CT molecular complexity index is 639. The van der Waals surface area contributed by atoms with Crippen molar-refractivity contribution in [1.82, 2.24) is 15.1 Å². The molecule has 0 spiro atoms. The molecule has 7 heteroatoms. The third-order valence-corrected chi connectivity index (χ3v) is 5.94. The summed E-state index contributed by atoms with van der Waals surface area (Å²) in [5.41, 5.74) is 1.28. The van der Waals surface area contributed by atoms with E-state index in [9.17, 15) is 0 Å². The first kappa shape index (κ1) is 22.7. The zero-order valence-corrected chi connectivity index (χ0v) is 19.0. The zero-order chi connectivity index (χ0) is 21.2. The van der Waals surface area contributed by atoms with Crippen LogP contribution in [0, 0.1) is 5.92 Å². The smallest absolute Gasteiger partial charge is 0.193 e. The molecule has 2 fully saturated rings.